The lowest BCUT2D eigenvalue weighted by molar-refractivity contribution is 0.0933. The Morgan fingerprint density at radius 3 is 2.53 bits per heavy atom. The lowest BCUT2D eigenvalue weighted by atomic mass is 9.83. The fourth-order valence-electron chi connectivity index (χ4n) is 2.44. The van der Waals surface area contributed by atoms with Crippen molar-refractivity contribution in [3.63, 3.8) is 0 Å². The molecule has 1 aliphatic rings. The fraction of sp³-hybridized carbons (Fsp3) is 0.467. The fourth-order valence-corrected chi connectivity index (χ4v) is 2.57. The average molecular weight is 251 g/mol. The zero-order valence-electron chi connectivity index (χ0n) is 10.2. The molecule has 1 aromatic rings. The van der Waals surface area contributed by atoms with Crippen molar-refractivity contribution >= 4 is 11.6 Å². The van der Waals surface area contributed by atoms with Crippen LogP contribution in [-0.2, 0) is 6.42 Å². The number of allylic oxidation sites excluding steroid dienone is 1. The normalized spacial score (nSPS) is 19.6. The second-order valence-corrected chi connectivity index (χ2v) is 5.49. The summed E-state index contributed by atoms with van der Waals surface area (Å²) in [5, 5.41) is 11.3. The highest BCUT2D eigenvalue weighted by atomic mass is 35.5. The Bertz CT molecular complexity index is 403. The highest BCUT2D eigenvalue weighted by Crippen LogP contribution is 2.30. The Morgan fingerprint density at radius 2 is 1.94 bits per heavy atom. The Morgan fingerprint density at radius 1 is 1.24 bits per heavy atom. The number of hydrogen-bond donors (Lipinski definition) is 1. The van der Waals surface area contributed by atoms with Gasteiger partial charge in [-0.3, -0.25) is 0 Å². The first-order valence-electron chi connectivity index (χ1n) is 6.24. The molecule has 1 nitrogen and oxygen atoms in total. The van der Waals surface area contributed by atoms with E-state index in [-0.39, 0.29) is 0 Å². The summed E-state index contributed by atoms with van der Waals surface area (Å²) in [6.07, 6.45) is 7.45. The Kier molecular flexibility index (Phi) is 3.90. The van der Waals surface area contributed by atoms with Gasteiger partial charge in [0.2, 0.25) is 0 Å². The summed E-state index contributed by atoms with van der Waals surface area (Å²) in [5.74, 6) is 0. The summed E-state index contributed by atoms with van der Waals surface area (Å²) in [6, 6.07) is 7.73. The molecule has 1 N–H and O–H groups in total. The third-order valence-electron chi connectivity index (χ3n) is 3.44. The van der Waals surface area contributed by atoms with Crippen LogP contribution in [0.5, 0.6) is 0 Å². The van der Waals surface area contributed by atoms with Crippen LogP contribution >= 0.6 is 11.6 Å². The highest BCUT2D eigenvalue weighted by molar-refractivity contribution is 6.30. The van der Waals surface area contributed by atoms with E-state index in [1.807, 2.05) is 31.2 Å². The lowest BCUT2D eigenvalue weighted by Gasteiger charge is -2.29. The second-order valence-electron chi connectivity index (χ2n) is 5.05. The average Bonchev–Trinajstić information content (AvgIpc) is 2.33. The van der Waals surface area contributed by atoms with Crippen LogP contribution in [0.1, 0.15) is 38.2 Å². The summed E-state index contributed by atoms with van der Waals surface area (Å²) in [7, 11) is 0. The predicted molar refractivity (Wildman–Crippen MR) is 72.3 cm³/mol. The smallest absolute Gasteiger partial charge is 0.0868 e. The first-order valence-corrected chi connectivity index (χ1v) is 6.62. The quantitative estimate of drug-likeness (QED) is 0.800. The molecular formula is C15H19ClO. The molecule has 2 rings (SSSR count). The molecule has 1 unspecified atom stereocenters. The van der Waals surface area contributed by atoms with E-state index in [9.17, 15) is 5.11 Å². The van der Waals surface area contributed by atoms with Gasteiger partial charge in [-0.1, -0.05) is 29.8 Å². The van der Waals surface area contributed by atoms with Gasteiger partial charge in [-0.2, -0.15) is 0 Å². The zero-order chi connectivity index (χ0) is 12.3. The van der Waals surface area contributed by atoms with Crippen molar-refractivity contribution < 1.29 is 5.11 Å². The van der Waals surface area contributed by atoms with Gasteiger partial charge in [-0.25, -0.2) is 0 Å². The third kappa shape index (κ3) is 3.34. The molecule has 0 radical (unpaired) electrons. The van der Waals surface area contributed by atoms with Gasteiger partial charge in [0, 0.05) is 11.4 Å². The van der Waals surface area contributed by atoms with Crippen molar-refractivity contribution in [3.05, 3.63) is 46.5 Å². The number of hydrogen-bond acceptors (Lipinski definition) is 1. The second kappa shape index (κ2) is 5.24. The number of rotatable bonds is 3. The van der Waals surface area contributed by atoms with E-state index in [2.05, 4.69) is 6.08 Å². The van der Waals surface area contributed by atoms with E-state index >= 15 is 0 Å². The Balaban J connectivity index is 2.10. The van der Waals surface area contributed by atoms with E-state index in [1.54, 1.807) is 0 Å². The lowest BCUT2D eigenvalue weighted by Crippen LogP contribution is -2.30. The molecule has 1 aromatic carbocycles. The highest BCUT2D eigenvalue weighted by Gasteiger charge is 2.26. The minimum atomic E-state index is -0.714. The van der Waals surface area contributed by atoms with Crippen LogP contribution in [0, 0.1) is 0 Å². The van der Waals surface area contributed by atoms with E-state index in [0.29, 0.717) is 6.42 Å². The molecular weight excluding hydrogens is 232 g/mol. The van der Waals surface area contributed by atoms with Crippen LogP contribution in [0.2, 0.25) is 5.02 Å². The van der Waals surface area contributed by atoms with Crippen LogP contribution in [0.3, 0.4) is 0 Å². The van der Waals surface area contributed by atoms with E-state index in [0.717, 1.165) is 23.4 Å². The minimum Gasteiger partial charge on any atom is -0.385 e. The van der Waals surface area contributed by atoms with E-state index < -0.39 is 5.60 Å². The van der Waals surface area contributed by atoms with Crippen molar-refractivity contribution in [1.29, 1.82) is 0 Å². The van der Waals surface area contributed by atoms with Crippen LogP contribution < -0.4 is 0 Å². The van der Waals surface area contributed by atoms with Gasteiger partial charge in [-0.15, -0.1) is 0 Å². The number of halogens is 1. The van der Waals surface area contributed by atoms with Crippen LogP contribution in [0.25, 0.3) is 0 Å². The number of aliphatic hydroxyl groups is 1. The molecule has 2 heteroatoms. The maximum absolute atomic E-state index is 10.6. The molecule has 0 aromatic heterocycles. The Labute approximate surface area is 108 Å². The molecule has 0 saturated heterocycles. The molecule has 1 atom stereocenters. The van der Waals surface area contributed by atoms with Gasteiger partial charge < -0.3 is 5.11 Å². The van der Waals surface area contributed by atoms with Gasteiger partial charge >= 0.3 is 0 Å². The van der Waals surface area contributed by atoms with Crippen LogP contribution in [0.4, 0.5) is 0 Å². The minimum absolute atomic E-state index is 0.663. The first kappa shape index (κ1) is 12.7. The molecule has 17 heavy (non-hydrogen) atoms. The summed E-state index contributed by atoms with van der Waals surface area (Å²) < 4.78 is 0. The largest absolute Gasteiger partial charge is 0.385 e. The molecule has 0 aliphatic heterocycles. The number of benzene rings is 1. The standard InChI is InChI=1S/C15H19ClO/c1-15(17,13-5-3-2-4-6-13)11-12-7-9-14(16)10-8-12/h5,7-10,17H,2-4,6,11H2,1H3. The summed E-state index contributed by atoms with van der Waals surface area (Å²) in [4.78, 5) is 0. The van der Waals surface area contributed by atoms with Crippen molar-refractivity contribution in [2.24, 2.45) is 0 Å². The molecule has 0 amide bonds. The molecule has 0 spiro atoms. The van der Waals surface area contributed by atoms with Crippen LogP contribution in [0.15, 0.2) is 35.9 Å². The first-order chi connectivity index (χ1) is 8.08. The van der Waals surface area contributed by atoms with E-state index in [1.165, 1.54) is 18.4 Å². The SMILES string of the molecule is CC(O)(Cc1ccc(Cl)cc1)C1=CCCCC1. The van der Waals surface area contributed by atoms with Crippen molar-refractivity contribution in [1.82, 2.24) is 0 Å². The summed E-state index contributed by atoms with van der Waals surface area (Å²) in [6.45, 7) is 1.92. The molecule has 0 bridgehead atoms. The Hall–Kier alpha value is -0.790. The van der Waals surface area contributed by atoms with Gasteiger partial charge in [0.25, 0.3) is 0 Å². The van der Waals surface area contributed by atoms with Crippen molar-refractivity contribution in [3.8, 4) is 0 Å². The zero-order valence-corrected chi connectivity index (χ0v) is 11.0. The van der Waals surface area contributed by atoms with Crippen molar-refractivity contribution in [2.45, 2.75) is 44.6 Å². The molecule has 92 valence electrons. The third-order valence-corrected chi connectivity index (χ3v) is 3.70. The predicted octanol–water partition coefficient (Wildman–Crippen LogP) is 4.13. The summed E-state index contributed by atoms with van der Waals surface area (Å²) >= 11 is 5.86. The van der Waals surface area contributed by atoms with Gasteiger partial charge in [0.05, 0.1) is 5.60 Å². The summed E-state index contributed by atoms with van der Waals surface area (Å²) in [5.41, 5.74) is 1.61. The molecule has 0 saturated carbocycles. The van der Waals surface area contributed by atoms with Gasteiger partial charge in [0.15, 0.2) is 0 Å². The van der Waals surface area contributed by atoms with Crippen LogP contribution in [-0.4, -0.2) is 10.7 Å². The topological polar surface area (TPSA) is 20.2 Å². The van der Waals surface area contributed by atoms with Crippen molar-refractivity contribution in [2.75, 3.05) is 0 Å². The maximum atomic E-state index is 10.6. The van der Waals surface area contributed by atoms with Gasteiger partial charge in [0.1, 0.15) is 0 Å². The molecule has 0 heterocycles. The maximum Gasteiger partial charge on any atom is 0.0868 e. The molecule has 1 aliphatic carbocycles. The molecule has 0 fully saturated rings. The monoisotopic (exact) mass is 250 g/mol. The van der Waals surface area contributed by atoms with E-state index in [4.69, 9.17) is 11.6 Å². The van der Waals surface area contributed by atoms with Gasteiger partial charge in [-0.05, 0) is 55.9 Å².